The van der Waals surface area contributed by atoms with E-state index in [0.717, 1.165) is 55.5 Å². The molecule has 2 heterocycles. The van der Waals surface area contributed by atoms with E-state index in [-0.39, 0.29) is 35.9 Å². The summed E-state index contributed by atoms with van der Waals surface area (Å²) >= 11 is 0. The summed E-state index contributed by atoms with van der Waals surface area (Å²) in [5.74, 6) is 0.167. The Kier molecular flexibility index (Phi) is 29.4. The van der Waals surface area contributed by atoms with Crippen molar-refractivity contribution in [2.75, 3.05) is 39.8 Å². The number of aliphatic carboxylic acids is 1. The number of urea groups is 1. The molecule has 51 heavy (non-hydrogen) atoms. The van der Waals surface area contributed by atoms with E-state index < -0.39 is 5.97 Å². The highest BCUT2D eigenvalue weighted by Crippen LogP contribution is 2.24. The third-order valence-corrected chi connectivity index (χ3v) is 8.57. The molecule has 0 aromatic heterocycles. The van der Waals surface area contributed by atoms with Crippen LogP contribution in [0.15, 0.2) is 24.3 Å². The van der Waals surface area contributed by atoms with Crippen LogP contribution in [0.1, 0.15) is 136 Å². The number of carbonyl (C=O) groups is 5. The number of hydrogen-bond donors (Lipinski definition) is 4. The van der Waals surface area contributed by atoms with E-state index in [2.05, 4.69) is 50.6 Å². The number of hydrogen-bond acceptors (Lipinski definition) is 6. The summed E-state index contributed by atoms with van der Waals surface area (Å²) in [6.07, 6.45) is 12.9. The van der Waals surface area contributed by atoms with Crippen molar-refractivity contribution < 1.29 is 29.1 Å². The maximum atomic E-state index is 12.7. The average molecular weight is 720 g/mol. The first-order valence-corrected chi connectivity index (χ1v) is 19.2. The van der Waals surface area contributed by atoms with Crippen LogP contribution < -0.4 is 16.0 Å². The predicted octanol–water partition coefficient (Wildman–Crippen LogP) is 6.93. The van der Waals surface area contributed by atoms with Crippen LogP contribution in [-0.4, -0.2) is 97.4 Å². The second-order valence-electron chi connectivity index (χ2n) is 13.9. The number of fused-ring (bicyclic) bond motifs is 1. The van der Waals surface area contributed by atoms with Crippen LogP contribution in [0.3, 0.4) is 0 Å². The normalized spacial score (nSPS) is 15.7. The van der Waals surface area contributed by atoms with Crippen molar-refractivity contribution in [2.45, 2.75) is 139 Å². The minimum Gasteiger partial charge on any atom is -0.481 e. The molecule has 294 valence electrons. The van der Waals surface area contributed by atoms with Crippen LogP contribution in [-0.2, 0) is 20.8 Å². The Balaban J connectivity index is 0. The first-order chi connectivity index (χ1) is 24.3. The second kappa shape index (κ2) is 30.2. The molecule has 0 radical (unpaired) electrons. The molecule has 4 N–H and O–H groups in total. The summed E-state index contributed by atoms with van der Waals surface area (Å²) in [6, 6.07) is 7.33. The van der Waals surface area contributed by atoms with E-state index >= 15 is 0 Å². The number of unbranched alkanes of at least 4 members (excludes halogenated alkanes) is 4. The van der Waals surface area contributed by atoms with Gasteiger partial charge >= 0.3 is 12.0 Å². The van der Waals surface area contributed by atoms with Crippen molar-refractivity contribution in [1.29, 1.82) is 0 Å². The molecule has 2 unspecified atom stereocenters. The van der Waals surface area contributed by atoms with Gasteiger partial charge in [-0.2, -0.15) is 0 Å². The lowest BCUT2D eigenvalue weighted by Gasteiger charge is -2.37. The minimum atomic E-state index is -0.745. The largest absolute Gasteiger partial charge is 0.481 e. The molecule has 3 atom stereocenters. The Labute approximate surface area is 310 Å². The molecule has 1 aromatic rings. The number of benzene rings is 1. The number of likely N-dealkylation sites (tertiary alicyclic amines) is 1. The lowest BCUT2D eigenvalue weighted by Crippen LogP contribution is -2.55. The molecular formula is C40H73N5O6. The molecule has 11 heteroatoms. The van der Waals surface area contributed by atoms with Crippen LogP contribution in [0, 0.1) is 11.3 Å². The molecule has 1 fully saturated rings. The van der Waals surface area contributed by atoms with Crippen molar-refractivity contribution in [2.24, 2.45) is 11.3 Å². The van der Waals surface area contributed by atoms with Gasteiger partial charge in [-0.15, -0.1) is 0 Å². The highest BCUT2D eigenvalue weighted by Gasteiger charge is 2.32. The fourth-order valence-corrected chi connectivity index (χ4v) is 5.41. The van der Waals surface area contributed by atoms with Gasteiger partial charge in [0.05, 0.1) is 12.1 Å². The van der Waals surface area contributed by atoms with E-state index in [0.29, 0.717) is 19.6 Å². The van der Waals surface area contributed by atoms with Gasteiger partial charge in [0.15, 0.2) is 0 Å². The van der Waals surface area contributed by atoms with Crippen molar-refractivity contribution in [3.63, 3.8) is 0 Å². The number of aldehydes is 1. The van der Waals surface area contributed by atoms with Crippen LogP contribution in [0.4, 0.5) is 4.79 Å². The number of carbonyl (C=O) groups excluding carboxylic acids is 4. The summed E-state index contributed by atoms with van der Waals surface area (Å²) < 4.78 is 0. The zero-order chi connectivity index (χ0) is 39.2. The van der Waals surface area contributed by atoms with Crippen molar-refractivity contribution in [3.05, 3.63) is 35.4 Å². The molecule has 0 spiro atoms. The van der Waals surface area contributed by atoms with Crippen LogP contribution in [0.25, 0.3) is 0 Å². The molecule has 0 saturated carbocycles. The second-order valence-corrected chi connectivity index (χ2v) is 13.9. The van der Waals surface area contributed by atoms with Crippen molar-refractivity contribution in [3.8, 4) is 0 Å². The third-order valence-electron chi connectivity index (χ3n) is 8.57. The molecule has 2 aliphatic rings. The highest BCUT2D eigenvalue weighted by molar-refractivity contribution is 5.96. The Bertz CT molecular complexity index is 1080. The van der Waals surface area contributed by atoms with Crippen LogP contribution in [0.2, 0.25) is 0 Å². The average Bonchev–Trinajstić information content (AvgIpc) is 3.59. The highest BCUT2D eigenvalue weighted by atomic mass is 16.4. The molecule has 3 rings (SSSR count). The number of nitrogens with zero attached hydrogens (tertiary/aromatic N) is 2. The summed E-state index contributed by atoms with van der Waals surface area (Å²) in [4.78, 5) is 57.7. The van der Waals surface area contributed by atoms with E-state index in [9.17, 15) is 24.0 Å². The molecule has 2 aliphatic heterocycles. The standard InChI is InChI=1S/C18H27N3O2.C11H25N.C6H9NO2.C3H6O2.C2H6/c1-5-19-17(23)20-15(18(2,3)4)12-21-11-10-13-8-6-7-9-14(13)16(21)22;1-4-5-6-7-8-9-11(2)10-12-3;8-4-6-2-1-3-7(6)5-9;1-2-3(4)5;1-2/h6-9,15H,5,10-12H2,1-4H3,(H2,19,20,23);11-12H,4-10H2,1-3H3;4-6H,1-3H2;2H2,1H3,(H,4,5);1-2H3/t;;6-;;/m..0../s1. The smallest absolute Gasteiger partial charge is 0.315 e. The monoisotopic (exact) mass is 720 g/mol. The van der Waals surface area contributed by atoms with E-state index in [1.54, 1.807) is 6.92 Å². The molecule has 1 aromatic carbocycles. The van der Waals surface area contributed by atoms with Gasteiger partial charge in [0.2, 0.25) is 6.41 Å². The first-order valence-electron chi connectivity index (χ1n) is 19.2. The Hall–Kier alpha value is -3.47. The first kappa shape index (κ1) is 49.6. The van der Waals surface area contributed by atoms with Crippen molar-refractivity contribution >= 4 is 30.6 Å². The fraction of sp³-hybridized carbons (Fsp3) is 0.725. The van der Waals surface area contributed by atoms with Gasteiger partial charge in [0, 0.05) is 38.2 Å². The third kappa shape index (κ3) is 22.9. The summed E-state index contributed by atoms with van der Waals surface area (Å²) in [5, 5.41) is 16.7. The van der Waals surface area contributed by atoms with Gasteiger partial charge in [0.25, 0.3) is 5.91 Å². The Morgan fingerprint density at radius 3 is 2.16 bits per heavy atom. The van der Waals surface area contributed by atoms with Gasteiger partial charge in [-0.1, -0.05) is 106 Å². The van der Waals surface area contributed by atoms with E-state index in [1.807, 2.05) is 57.0 Å². The van der Waals surface area contributed by atoms with E-state index in [4.69, 9.17) is 5.11 Å². The maximum absolute atomic E-state index is 12.7. The molecular weight excluding hydrogens is 646 g/mol. The Morgan fingerprint density at radius 1 is 1.02 bits per heavy atom. The number of rotatable bonds is 15. The van der Waals surface area contributed by atoms with Crippen LogP contribution >= 0.6 is 0 Å². The molecule has 4 amide bonds. The Morgan fingerprint density at radius 2 is 1.65 bits per heavy atom. The topological polar surface area (TPSA) is 148 Å². The number of carboxylic acid groups (broad SMARTS) is 1. The van der Waals surface area contributed by atoms with Gasteiger partial charge in [0.1, 0.15) is 6.29 Å². The van der Waals surface area contributed by atoms with Crippen molar-refractivity contribution in [1.82, 2.24) is 25.8 Å². The maximum Gasteiger partial charge on any atom is 0.315 e. The van der Waals surface area contributed by atoms with Gasteiger partial charge < -0.3 is 35.7 Å². The zero-order valence-electron chi connectivity index (χ0n) is 33.7. The number of nitrogens with one attached hydrogen (secondary N) is 3. The summed E-state index contributed by atoms with van der Waals surface area (Å²) in [7, 11) is 2.04. The zero-order valence-corrected chi connectivity index (χ0v) is 33.7. The quantitative estimate of drug-likeness (QED) is 0.113. The summed E-state index contributed by atoms with van der Waals surface area (Å²) in [6.45, 7) is 22.0. The predicted molar refractivity (Wildman–Crippen MR) is 209 cm³/mol. The lowest BCUT2D eigenvalue weighted by molar-refractivity contribution is -0.136. The molecule has 0 aliphatic carbocycles. The van der Waals surface area contributed by atoms with Crippen LogP contribution in [0.5, 0.6) is 0 Å². The summed E-state index contributed by atoms with van der Waals surface area (Å²) in [5.41, 5.74) is 1.75. The molecule has 0 bridgehead atoms. The van der Waals surface area contributed by atoms with Gasteiger partial charge in [-0.05, 0) is 69.2 Å². The lowest BCUT2D eigenvalue weighted by atomic mass is 9.85. The SMILES string of the molecule is CC.CCC(=O)O.CCCCCCCC(C)CNC.CCNC(=O)NC(CN1CCc2ccccc2C1=O)C(C)(C)C.O=C[C@@H]1CCCN1C=O. The number of carboxylic acids is 1. The minimum absolute atomic E-state index is 0.0544. The number of amides is 4. The van der Waals surface area contributed by atoms with Gasteiger partial charge in [-0.25, -0.2) is 4.79 Å². The fourth-order valence-electron chi connectivity index (χ4n) is 5.41. The molecule has 11 nitrogen and oxygen atoms in total. The van der Waals surface area contributed by atoms with Gasteiger partial charge in [-0.3, -0.25) is 14.4 Å². The van der Waals surface area contributed by atoms with E-state index in [1.165, 1.54) is 50.0 Å². The molecule has 1 saturated heterocycles.